The molecule has 1 aromatic heterocycles. The highest BCUT2D eigenvalue weighted by Crippen LogP contribution is 2.40. The number of nitrogens with one attached hydrogen (secondary N) is 1. The summed E-state index contributed by atoms with van der Waals surface area (Å²) in [6, 6.07) is 3.46. The van der Waals surface area contributed by atoms with Crippen molar-refractivity contribution in [1.82, 2.24) is 10.2 Å². The van der Waals surface area contributed by atoms with Crippen LogP contribution < -0.4 is 19.5 Å². The second-order valence-corrected chi connectivity index (χ2v) is 7.18. The fraction of sp³-hybridized carbons (Fsp3) is 0.294. The number of aromatic nitrogens is 2. The lowest BCUT2D eigenvalue weighted by Crippen LogP contribution is -2.07. The summed E-state index contributed by atoms with van der Waals surface area (Å²) < 4.78 is 21.0. The second kappa shape index (κ2) is 10.5. The van der Waals surface area contributed by atoms with Gasteiger partial charge in [-0.15, -0.1) is 10.2 Å². The molecule has 2 aromatic rings. The van der Waals surface area contributed by atoms with Crippen LogP contribution in [-0.4, -0.2) is 56.3 Å². The van der Waals surface area contributed by atoms with Gasteiger partial charge in [-0.2, -0.15) is 0 Å². The smallest absolute Gasteiger partial charge is 0.316 e. The Morgan fingerprint density at radius 1 is 1.11 bits per heavy atom. The van der Waals surface area contributed by atoms with Crippen molar-refractivity contribution in [3.8, 4) is 17.2 Å². The van der Waals surface area contributed by atoms with E-state index in [2.05, 4.69) is 20.3 Å². The maximum Gasteiger partial charge on any atom is 0.316 e. The molecule has 0 fully saturated rings. The number of hydrogen-bond acceptors (Lipinski definition) is 10. The molecule has 150 valence electrons. The van der Waals surface area contributed by atoms with E-state index in [9.17, 15) is 9.59 Å². The summed E-state index contributed by atoms with van der Waals surface area (Å²) in [6.07, 6.45) is 2.93. The molecular weight excluding hydrogens is 406 g/mol. The highest BCUT2D eigenvalue weighted by molar-refractivity contribution is 8.01. The summed E-state index contributed by atoms with van der Waals surface area (Å²) in [5, 5.41) is 10.7. The first kappa shape index (κ1) is 21.5. The van der Waals surface area contributed by atoms with Crippen LogP contribution in [-0.2, 0) is 14.3 Å². The number of thioether (sulfide) groups is 1. The first-order valence-electron chi connectivity index (χ1n) is 7.83. The van der Waals surface area contributed by atoms with Gasteiger partial charge >= 0.3 is 5.97 Å². The predicted octanol–water partition coefficient (Wildman–Crippen LogP) is 2.48. The minimum atomic E-state index is -0.391. The van der Waals surface area contributed by atoms with Gasteiger partial charge in [-0.05, 0) is 18.2 Å². The normalized spacial score (nSPS) is 10.6. The van der Waals surface area contributed by atoms with Crippen LogP contribution in [0.25, 0.3) is 6.08 Å². The van der Waals surface area contributed by atoms with Crippen molar-refractivity contribution in [3.05, 3.63) is 23.8 Å². The number of benzene rings is 1. The minimum Gasteiger partial charge on any atom is -0.493 e. The van der Waals surface area contributed by atoms with E-state index in [-0.39, 0.29) is 11.7 Å². The Labute approximate surface area is 170 Å². The summed E-state index contributed by atoms with van der Waals surface area (Å²) in [6.45, 7) is 0. The van der Waals surface area contributed by atoms with Gasteiger partial charge in [0, 0.05) is 11.6 Å². The van der Waals surface area contributed by atoms with Crippen molar-refractivity contribution in [2.24, 2.45) is 0 Å². The molecule has 0 aliphatic heterocycles. The number of carbonyl (C=O) groups is 2. The van der Waals surface area contributed by atoms with E-state index >= 15 is 0 Å². The quantitative estimate of drug-likeness (QED) is 0.280. The molecule has 0 saturated heterocycles. The first-order valence-corrected chi connectivity index (χ1v) is 9.63. The molecule has 1 heterocycles. The molecule has 1 amide bonds. The Morgan fingerprint density at radius 3 is 2.50 bits per heavy atom. The van der Waals surface area contributed by atoms with Crippen LogP contribution in [0.1, 0.15) is 5.56 Å². The highest BCUT2D eigenvalue weighted by Gasteiger charge is 2.14. The highest BCUT2D eigenvalue weighted by atomic mass is 32.2. The van der Waals surface area contributed by atoms with Crippen LogP contribution in [0.3, 0.4) is 0 Å². The molecule has 0 saturated carbocycles. The van der Waals surface area contributed by atoms with Crippen LogP contribution in [0, 0.1) is 0 Å². The van der Waals surface area contributed by atoms with Gasteiger partial charge in [-0.25, -0.2) is 0 Å². The SMILES string of the molecule is COC(=O)CSc1nnc(NC(=O)/C=C/c2ccc(OC)c(OC)c2OC)s1. The summed E-state index contributed by atoms with van der Waals surface area (Å²) in [7, 11) is 5.85. The van der Waals surface area contributed by atoms with E-state index in [1.807, 2.05) is 0 Å². The predicted molar refractivity (Wildman–Crippen MR) is 106 cm³/mol. The standard InChI is InChI=1S/C17H19N3O6S2/c1-23-11-7-5-10(14(25-3)15(11)26-4)6-8-12(21)18-16-19-20-17(28-16)27-9-13(22)24-2/h5-8H,9H2,1-4H3,(H,18,19,21)/b8-6+. The molecule has 9 nitrogen and oxygen atoms in total. The third-order valence-electron chi connectivity index (χ3n) is 3.33. The van der Waals surface area contributed by atoms with Gasteiger partial charge in [0.15, 0.2) is 15.8 Å². The Morgan fingerprint density at radius 2 is 1.86 bits per heavy atom. The van der Waals surface area contributed by atoms with E-state index in [1.54, 1.807) is 18.2 Å². The van der Waals surface area contributed by atoms with Crippen molar-refractivity contribution in [1.29, 1.82) is 0 Å². The Kier molecular flexibility index (Phi) is 8.08. The Balaban J connectivity index is 2.04. The third kappa shape index (κ3) is 5.60. The average Bonchev–Trinajstić information content (AvgIpc) is 3.16. The summed E-state index contributed by atoms with van der Waals surface area (Å²) in [5.74, 6) is 0.770. The molecule has 1 N–H and O–H groups in total. The molecule has 1 aromatic carbocycles. The number of nitrogens with zero attached hydrogens (tertiary/aromatic N) is 2. The molecule has 0 aliphatic rings. The summed E-state index contributed by atoms with van der Waals surface area (Å²) in [5.41, 5.74) is 0.641. The van der Waals surface area contributed by atoms with Gasteiger partial charge in [0.2, 0.25) is 16.8 Å². The van der Waals surface area contributed by atoms with E-state index < -0.39 is 5.91 Å². The lowest BCUT2D eigenvalue weighted by molar-refractivity contribution is -0.137. The maximum absolute atomic E-state index is 12.1. The van der Waals surface area contributed by atoms with Crippen LogP contribution in [0.5, 0.6) is 17.2 Å². The topological polar surface area (TPSA) is 109 Å². The number of esters is 1. The number of rotatable bonds is 9. The number of ether oxygens (including phenoxy) is 4. The molecule has 28 heavy (non-hydrogen) atoms. The van der Waals surface area contributed by atoms with Crippen LogP contribution in [0.2, 0.25) is 0 Å². The van der Waals surface area contributed by atoms with Gasteiger partial charge in [0.25, 0.3) is 0 Å². The fourth-order valence-corrected chi connectivity index (χ4v) is 3.65. The van der Waals surface area contributed by atoms with E-state index in [1.165, 1.54) is 46.3 Å². The van der Waals surface area contributed by atoms with Crippen molar-refractivity contribution in [2.45, 2.75) is 4.34 Å². The Bertz CT molecular complexity index is 869. The average molecular weight is 425 g/mol. The van der Waals surface area contributed by atoms with E-state index in [0.717, 1.165) is 11.3 Å². The zero-order valence-corrected chi connectivity index (χ0v) is 17.3. The van der Waals surface area contributed by atoms with Crippen LogP contribution in [0.4, 0.5) is 5.13 Å². The molecular formula is C17H19N3O6S2. The van der Waals surface area contributed by atoms with Gasteiger partial charge in [0.05, 0.1) is 34.2 Å². The molecule has 0 bridgehead atoms. The van der Waals surface area contributed by atoms with Gasteiger partial charge in [0.1, 0.15) is 0 Å². The Hall–Kier alpha value is -2.79. The molecule has 0 spiro atoms. The number of amides is 1. The number of hydrogen-bond donors (Lipinski definition) is 1. The lowest BCUT2D eigenvalue weighted by atomic mass is 10.1. The van der Waals surface area contributed by atoms with Crippen molar-refractivity contribution < 1.29 is 28.5 Å². The molecule has 11 heteroatoms. The summed E-state index contributed by atoms with van der Waals surface area (Å²) >= 11 is 2.34. The maximum atomic E-state index is 12.1. The van der Waals surface area contributed by atoms with Crippen LogP contribution in [0.15, 0.2) is 22.5 Å². The van der Waals surface area contributed by atoms with Crippen molar-refractivity contribution in [2.75, 3.05) is 39.5 Å². The molecule has 0 unspecified atom stereocenters. The monoisotopic (exact) mass is 425 g/mol. The van der Waals surface area contributed by atoms with Gasteiger partial charge in [-0.1, -0.05) is 23.1 Å². The van der Waals surface area contributed by atoms with Crippen molar-refractivity contribution in [3.63, 3.8) is 0 Å². The zero-order chi connectivity index (χ0) is 20.5. The second-order valence-electron chi connectivity index (χ2n) is 4.98. The molecule has 0 atom stereocenters. The fourth-order valence-electron chi connectivity index (χ4n) is 2.07. The van der Waals surface area contributed by atoms with E-state index in [0.29, 0.717) is 32.3 Å². The zero-order valence-electron chi connectivity index (χ0n) is 15.7. The molecule has 0 aliphatic carbocycles. The van der Waals surface area contributed by atoms with Crippen molar-refractivity contribution >= 4 is 46.2 Å². The van der Waals surface area contributed by atoms with E-state index in [4.69, 9.17) is 14.2 Å². The largest absolute Gasteiger partial charge is 0.493 e. The summed E-state index contributed by atoms with van der Waals surface area (Å²) in [4.78, 5) is 23.3. The van der Waals surface area contributed by atoms with Gasteiger partial charge < -0.3 is 18.9 Å². The lowest BCUT2D eigenvalue weighted by Gasteiger charge is -2.13. The third-order valence-corrected chi connectivity index (χ3v) is 5.27. The minimum absolute atomic E-state index is 0.123. The number of anilines is 1. The molecule has 2 rings (SSSR count). The first-order chi connectivity index (χ1) is 13.5. The van der Waals surface area contributed by atoms with Gasteiger partial charge in [-0.3, -0.25) is 14.9 Å². The number of carbonyl (C=O) groups excluding carboxylic acids is 2. The number of methoxy groups -OCH3 is 4. The van der Waals surface area contributed by atoms with Crippen LogP contribution >= 0.6 is 23.1 Å². The molecule has 0 radical (unpaired) electrons.